The summed E-state index contributed by atoms with van der Waals surface area (Å²) in [5.41, 5.74) is 0. The minimum absolute atomic E-state index is 1.94. The molecule has 0 aromatic rings. The average molecular weight is 105 g/mol. The molecule has 0 radical (unpaired) electrons. The van der Waals surface area contributed by atoms with E-state index in [1.165, 1.54) is 0 Å². The van der Waals surface area contributed by atoms with E-state index in [0.29, 0.717) is 0 Å². The normalized spacial score (nSPS) is 9.40. The fourth-order valence-corrected chi connectivity index (χ4v) is 0.355. The van der Waals surface area contributed by atoms with Gasteiger partial charge in [0.05, 0.1) is 0 Å². The molecular weight excluding hydrogens is 99.0 g/mol. The van der Waals surface area contributed by atoms with Gasteiger partial charge < -0.3 is 0 Å². The van der Waals surface area contributed by atoms with Crippen LogP contribution in [0.1, 0.15) is 6.92 Å². The first-order chi connectivity index (χ1) is 2.41. The molecule has 0 nitrogen and oxygen atoms in total. The Morgan fingerprint density at radius 2 is 2.20 bits per heavy atom. The van der Waals surface area contributed by atoms with Gasteiger partial charge in [0.2, 0.25) is 0 Å². The molecule has 1 heteroatoms. The van der Waals surface area contributed by atoms with Gasteiger partial charge in [-0.2, -0.15) is 0 Å². The zero-order valence-electron chi connectivity index (χ0n) is 3.18. The van der Waals surface area contributed by atoms with Crippen LogP contribution in [-0.4, -0.2) is 4.73 Å². The van der Waals surface area contributed by atoms with Crippen molar-refractivity contribution in [3.8, 4) is 0 Å². The van der Waals surface area contributed by atoms with Crippen LogP contribution in [0, 0.1) is 0 Å². The summed E-state index contributed by atoms with van der Waals surface area (Å²) < 4.78 is 1.94. The van der Waals surface area contributed by atoms with Crippen molar-refractivity contribution in [3.63, 3.8) is 0 Å². The second-order valence-corrected chi connectivity index (χ2v) is 1.14. The van der Waals surface area contributed by atoms with E-state index in [1.54, 1.807) is 0 Å². The van der Waals surface area contributed by atoms with Crippen LogP contribution in [0.5, 0.6) is 0 Å². The van der Waals surface area contributed by atoms with Gasteiger partial charge in [-0.05, 0) is 0 Å². The monoisotopic (exact) mass is 105 g/mol. The maximum absolute atomic E-state index is 2.37. The predicted molar refractivity (Wildman–Crippen MR) is 20.9 cm³/mol. The zero-order valence-corrected chi connectivity index (χ0v) is 4.58. The van der Waals surface area contributed by atoms with E-state index in [4.69, 9.17) is 0 Å². The van der Waals surface area contributed by atoms with E-state index in [1.807, 2.05) is 23.8 Å². The second-order valence-electron chi connectivity index (χ2n) is 0.675. The van der Waals surface area contributed by atoms with Crippen molar-refractivity contribution in [2.24, 2.45) is 0 Å². The van der Waals surface area contributed by atoms with E-state index in [0.717, 1.165) is 0 Å². The molecule has 5 heavy (non-hydrogen) atoms. The number of hydrogen-bond donors (Lipinski definition) is 0. The second kappa shape index (κ2) is 4.19. The van der Waals surface area contributed by atoms with E-state index in [9.17, 15) is 0 Å². The first kappa shape index (κ1) is 5.19. The molecule has 0 rings (SSSR count). The molecule has 0 unspecified atom stereocenters. The van der Waals surface area contributed by atoms with Crippen molar-refractivity contribution < 1.29 is 17.0 Å². The maximum atomic E-state index is 2.37. The third-order valence-corrected chi connectivity index (χ3v) is 0.547. The summed E-state index contributed by atoms with van der Waals surface area (Å²) in [6, 6.07) is 0. The summed E-state index contributed by atoms with van der Waals surface area (Å²) in [6.07, 6.45) is 3.96. The molecule has 0 atom stereocenters. The summed E-state index contributed by atoms with van der Waals surface area (Å²) >= 11 is 2.37. The van der Waals surface area contributed by atoms with Crippen molar-refractivity contribution in [1.29, 1.82) is 0 Å². The van der Waals surface area contributed by atoms with Crippen LogP contribution in [0.25, 0.3) is 0 Å². The Hall–Kier alpha value is 0.194. The third kappa shape index (κ3) is 4.19. The Bertz CT molecular complexity index is 45.6. The Balaban J connectivity index is 2.92. The van der Waals surface area contributed by atoms with Gasteiger partial charge in [-0.3, -0.25) is 0 Å². The van der Waals surface area contributed by atoms with Crippen molar-refractivity contribution in [2.75, 3.05) is 0 Å². The molecule has 0 fully saturated rings. The van der Waals surface area contributed by atoms with Crippen LogP contribution < -0.4 is 0 Å². The zero-order chi connectivity index (χ0) is 4.12. The van der Waals surface area contributed by atoms with Crippen molar-refractivity contribution in [2.45, 2.75) is 6.92 Å². The molecule has 0 aromatic carbocycles. The summed E-state index contributed by atoms with van der Waals surface area (Å²) in [4.78, 5) is 0. The van der Waals surface area contributed by atoms with E-state index < -0.39 is 0 Å². The molecule has 0 amide bonds. The molecule has 0 N–H and O–H groups in total. The average Bonchev–Trinajstić information content (AvgIpc) is 1.41. The summed E-state index contributed by atoms with van der Waals surface area (Å²) in [6.45, 7) is 1.99. The molecule has 0 aliphatic heterocycles. The van der Waals surface area contributed by atoms with Crippen molar-refractivity contribution in [1.82, 2.24) is 0 Å². The molecule has 0 spiro atoms. The van der Waals surface area contributed by atoms with E-state index in [2.05, 4.69) is 17.0 Å². The van der Waals surface area contributed by atoms with Gasteiger partial charge in [-0.15, -0.1) is 0 Å². The number of allylic oxidation sites excluding steroid dienone is 2. The summed E-state index contributed by atoms with van der Waals surface area (Å²) in [5.74, 6) is 0. The Morgan fingerprint density at radius 1 is 1.60 bits per heavy atom. The summed E-state index contributed by atoms with van der Waals surface area (Å²) in [7, 11) is 0. The molecule has 0 heterocycles. The van der Waals surface area contributed by atoms with Crippen LogP contribution in [0.3, 0.4) is 0 Å². The molecule has 0 aromatic heterocycles. The van der Waals surface area contributed by atoms with Gasteiger partial charge in [-0.25, -0.2) is 0 Å². The van der Waals surface area contributed by atoms with Crippen LogP contribution in [0.2, 0.25) is 0 Å². The molecular formula is C4H6V+2. The molecule has 0 saturated heterocycles. The quantitative estimate of drug-likeness (QED) is 0.465. The van der Waals surface area contributed by atoms with Crippen LogP contribution in [0.15, 0.2) is 12.2 Å². The minimum atomic E-state index is 1.94. The first-order valence-electron chi connectivity index (χ1n) is 1.50. The van der Waals surface area contributed by atoms with Gasteiger partial charge in [0, 0.05) is 0 Å². The topological polar surface area (TPSA) is 0 Å². The van der Waals surface area contributed by atoms with Crippen molar-refractivity contribution >= 4 is 4.73 Å². The van der Waals surface area contributed by atoms with E-state index in [-0.39, 0.29) is 0 Å². The Labute approximate surface area is 41.4 Å². The fourth-order valence-electron chi connectivity index (χ4n) is 0.0861. The van der Waals surface area contributed by atoms with Gasteiger partial charge in [-0.1, -0.05) is 0 Å². The fraction of sp³-hybridized carbons (Fsp3) is 0.250. The Morgan fingerprint density at radius 3 is 2.20 bits per heavy atom. The van der Waals surface area contributed by atoms with Crippen LogP contribution in [0.4, 0.5) is 0 Å². The Kier molecular flexibility index (Phi) is 4.36. The van der Waals surface area contributed by atoms with Gasteiger partial charge in [0.25, 0.3) is 0 Å². The van der Waals surface area contributed by atoms with Crippen LogP contribution >= 0.6 is 0 Å². The first-order valence-corrected chi connectivity index (χ1v) is 2.31. The van der Waals surface area contributed by atoms with Gasteiger partial charge in [0.15, 0.2) is 0 Å². The predicted octanol–water partition coefficient (Wildman–Crippen LogP) is 0.911. The summed E-state index contributed by atoms with van der Waals surface area (Å²) in [5, 5.41) is 0. The van der Waals surface area contributed by atoms with Gasteiger partial charge in [0.1, 0.15) is 0 Å². The molecule has 0 aliphatic rings. The SMILES string of the molecule is CC=C[CH]=[V+2]. The van der Waals surface area contributed by atoms with Crippen molar-refractivity contribution in [3.05, 3.63) is 12.2 Å². The standard InChI is InChI=1S/C4H6.V/c1-3-4-2;/h1,3-4H,2H3;/q;+2. The molecule has 0 saturated carbocycles. The molecule has 25 valence electrons. The van der Waals surface area contributed by atoms with Crippen LogP contribution in [-0.2, 0) is 17.0 Å². The molecule has 0 bridgehead atoms. The third-order valence-electron chi connectivity index (χ3n) is 0.279. The number of rotatable bonds is 1. The van der Waals surface area contributed by atoms with E-state index >= 15 is 0 Å². The van der Waals surface area contributed by atoms with Gasteiger partial charge >= 0.3 is 40.8 Å². The molecule has 0 aliphatic carbocycles. The number of hydrogen-bond acceptors (Lipinski definition) is 0.